The first-order chi connectivity index (χ1) is 14.2. The van der Waals surface area contributed by atoms with Gasteiger partial charge < -0.3 is 10.4 Å². The number of benzene rings is 2. The van der Waals surface area contributed by atoms with Crippen LogP contribution in [0.3, 0.4) is 0 Å². The highest BCUT2D eigenvalue weighted by molar-refractivity contribution is 5.89. The Morgan fingerprint density at radius 3 is 2.40 bits per heavy atom. The molecule has 0 fully saturated rings. The van der Waals surface area contributed by atoms with Crippen molar-refractivity contribution in [2.75, 3.05) is 5.32 Å². The van der Waals surface area contributed by atoms with Gasteiger partial charge in [0.1, 0.15) is 17.5 Å². The van der Waals surface area contributed by atoms with E-state index in [4.69, 9.17) is 0 Å². The van der Waals surface area contributed by atoms with Crippen molar-refractivity contribution >= 4 is 28.5 Å². The summed E-state index contributed by atoms with van der Waals surface area (Å²) in [6.45, 7) is 1.78. The minimum atomic E-state index is -4.44. The second-order valence-electron chi connectivity index (χ2n) is 6.59. The lowest BCUT2D eigenvalue weighted by atomic mass is 10.2. The van der Waals surface area contributed by atoms with Crippen LogP contribution in [0.1, 0.15) is 21.7 Å². The van der Waals surface area contributed by atoms with Gasteiger partial charge in [0.25, 0.3) is 0 Å². The van der Waals surface area contributed by atoms with E-state index in [0.717, 1.165) is 23.2 Å². The van der Waals surface area contributed by atoms with E-state index in [1.165, 1.54) is 24.3 Å². The van der Waals surface area contributed by atoms with Gasteiger partial charge in [0.2, 0.25) is 0 Å². The molecule has 0 amide bonds. The quantitative estimate of drug-likeness (QED) is 0.482. The lowest BCUT2D eigenvalue weighted by molar-refractivity contribution is -0.137. The Hall–Kier alpha value is -3.88. The maximum Gasteiger partial charge on any atom is 0.416 e. The van der Waals surface area contributed by atoms with E-state index in [9.17, 15) is 23.1 Å². The molecular weight excluding hydrogens is 397 g/mol. The molecule has 2 N–H and O–H groups in total. The van der Waals surface area contributed by atoms with Gasteiger partial charge >= 0.3 is 12.1 Å². The number of carboxylic acids is 1. The van der Waals surface area contributed by atoms with Crippen molar-refractivity contribution in [1.29, 1.82) is 0 Å². The number of pyridine rings is 1. The lowest BCUT2D eigenvalue weighted by Gasteiger charge is -2.12. The fraction of sp³-hybridized carbons (Fsp3) is 0.0952. The number of imidazole rings is 1. The molecule has 2 aromatic carbocycles. The average Bonchev–Trinajstić information content (AvgIpc) is 3.03. The molecule has 0 atom stereocenters. The normalized spacial score (nSPS) is 11.6. The third kappa shape index (κ3) is 3.69. The van der Waals surface area contributed by atoms with Gasteiger partial charge in [-0.3, -0.25) is 4.57 Å². The average molecular weight is 412 g/mol. The number of nitrogens with zero attached hydrogens (tertiary/aromatic N) is 3. The zero-order valence-electron chi connectivity index (χ0n) is 15.6. The zero-order chi connectivity index (χ0) is 21.5. The summed E-state index contributed by atoms with van der Waals surface area (Å²) in [5, 5.41) is 12.4. The van der Waals surface area contributed by atoms with Gasteiger partial charge in [-0.25, -0.2) is 14.8 Å². The third-order valence-electron chi connectivity index (χ3n) is 4.50. The maximum absolute atomic E-state index is 12.8. The Balaban J connectivity index is 1.77. The summed E-state index contributed by atoms with van der Waals surface area (Å²) in [5.74, 6) is -0.0275. The molecule has 0 spiro atoms. The Morgan fingerprint density at radius 1 is 1.03 bits per heavy atom. The number of hydrogen-bond donors (Lipinski definition) is 2. The first-order valence-electron chi connectivity index (χ1n) is 8.86. The second kappa shape index (κ2) is 7.18. The number of hydrogen-bond acceptors (Lipinski definition) is 4. The van der Waals surface area contributed by atoms with Crippen LogP contribution in [0, 0.1) is 6.92 Å². The van der Waals surface area contributed by atoms with Crippen LogP contribution in [0.2, 0.25) is 0 Å². The molecule has 4 rings (SSSR count). The zero-order valence-corrected chi connectivity index (χ0v) is 15.6. The Bertz CT molecular complexity index is 1250. The summed E-state index contributed by atoms with van der Waals surface area (Å²) in [7, 11) is 0. The van der Waals surface area contributed by atoms with Crippen molar-refractivity contribution < 1.29 is 23.1 Å². The van der Waals surface area contributed by atoms with Crippen molar-refractivity contribution in [2.45, 2.75) is 13.1 Å². The molecule has 2 heterocycles. The van der Waals surface area contributed by atoms with E-state index in [2.05, 4.69) is 15.3 Å². The highest BCUT2D eigenvalue weighted by Gasteiger charge is 2.30. The number of carbonyl (C=O) groups is 1. The predicted molar refractivity (Wildman–Crippen MR) is 105 cm³/mol. The molecule has 0 saturated carbocycles. The summed E-state index contributed by atoms with van der Waals surface area (Å²) in [5.41, 5.74) is 1.03. The third-order valence-corrected chi connectivity index (χ3v) is 4.50. The summed E-state index contributed by atoms with van der Waals surface area (Å²) >= 11 is 0. The molecule has 4 aromatic rings. The van der Waals surface area contributed by atoms with Crippen molar-refractivity contribution in [3.8, 4) is 5.82 Å². The lowest BCUT2D eigenvalue weighted by Crippen LogP contribution is -2.07. The number of carboxylic acid groups (broad SMARTS) is 1. The van der Waals surface area contributed by atoms with Crippen molar-refractivity contribution in [2.24, 2.45) is 0 Å². The van der Waals surface area contributed by atoms with Crippen LogP contribution in [0.15, 0.2) is 60.7 Å². The van der Waals surface area contributed by atoms with Crippen molar-refractivity contribution in [1.82, 2.24) is 14.5 Å². The first kappa shape index (κ1) is 19.4. The Morgan fingerprint density at radius 2 is 1.73 bits per heavy atom. The molecule has 0 unspecified atom stereocenters. The minimum Gasteiger partial charge on any atom is -0.478 e. The van der Waals surface area contributed by atoms with Gasteiger partial charge in [0.15, 0.2) is 0 Å². The molecule has 0 radical (unpaired) electrons. The number of nitrogens with one attached hydrogen (secondary N) is 1. The summed E-state index contributed by atoms with van der Waals surface area (Å²) in [4.78, 5) is 20.5. The fourth-order valence-electron chi connectivity index (χ4n) is 3.14. The monoisotopic (exact) mass is 412 g/mol. The summed E-state index contributed by atoms with van der Waals surface area (Å²) in [6, 6.07) is 14.5. The van der Waals surface area contributed by atoms with Gasteiger partial charge in [-0.05, 0) is 55.5 Å². The Labute approximate surface area is 168 Å². The van der Waals surface area contributed by atoms with Crippen LogP contribution in [0.25, 0.3) is 16.9 Å². The number of rotatable bonds is 4. The van der Waals surface area contributed by atoms with Crippen LogP contribution in [0.4, 0.5) is 24.7 Å². The second-order valence-corrected chi connectivity index (χ2v) is 6.59. The van der Waals surface area contributed by atoms with Gasteiger partial charge in [0, 0.05) is 5.69 Å². The summed E-state index contributed by atoms with van der Waals surface area (Å²) < 4.78 is 40.0. The van der Waals surface area contributed by atoms with E-state index in [0.29, 0.717) is 17.3 Å². The highest BCUT2D eigenvalue weighted by atomic mass is 19.4. The molecule has 30 heavy (non-hydrogen) atoms. The van der Waals surface area contributed by atoms with Gasteiger partial charge in [0.05, 0.1) is 22.2 Å². The molecule has 0 aliphatic carbocycles. The number of aryl methyl sites for hydroxylation is 1. The smallest absolute Gasteiger partial charge is 0.416 e. The van der Waals surface area contributed by atoms with E-state index in [-0.39, 0.29) is 11.4 Å². The highest BCUT2D eigenvalue weighted by Crippen LogP contribution is 2.30. The number of fused-ring (bicyclic) bond motifs is 1. The van der Waals surface area contributed by atoms with Gasteiger partial charge in [-0.1, -0.05) is 12.1 Å². The van der Waals surface area contributed by atoms with Crippen LogP contribution in [0.5, 0.6) is 0 Å². The van der Waals surface area contributed by atoms with E-state index < -0.39 is 17.7 Å². The topological polar surface area (TPSA) is 80.0 Å². The number of aromatic nitrogens is 3. The number of anilines is 2. The number of alkyl halides is 3. The molecule has 0 aliphatic rings. The summed E-state index contributed by atoms with van der Waals surface area (Å²) in [6.07, 6.45) is -4.44. The Kier molecular flexibility index (Phi) is 4.65. The van der Waals surface area contributed by atoms with Crippen LogP contribution < -0.4 is 5.32 Å². The number of aromatic carboxylic acids is 1. The molecule has 0 bridgehead atoms. The van der Waals surface area contributed by atoms with Gasteiger partial charge in [-0.2, -0.15) is 13.2 Å². The van der Waals surface area contributed by atoms with Gasteiger partial charge in [-0.15, -0.1) is 0 Å². The standard InChI is InChI=1S/C21H15F3N4O2/c1-12-25-16-4-2-3-5-17(16)28(12)19-11-13(20(29)30)10-18(27-19)26-15-8-6-14(7-9-15)21(22,23)24/h2-11H,1H3,(H,26,27)(H,29,30). The minimum absolute atomic E-state index is 0.0217. The fourth-order valence-corrected chi connectivity index (χ4v) is 3.14. The number of para-hydroxylation sites is 2. The maximum atomic E-state index is 12.8. The number of halogens is 3. The van der Waals surface area contributed by atoms with E-state index in [1.807, 2.05) is 24.3 Å². The first-order valence-corrected chi connectivity index (χ1v) is 8.86. The predicted octanol–water partition coefficient (Wildman–Crippen LogP) is 5.19. The van der Waals surface area contributed by atoms with Crippen LogP contribution in [-0.2, 0) is 6.18 Å². The molecule has 152 valence electrons. The SMILES string of the molecule is Cc1nc2ccccc2n1-c1cc(C(=O)O)cc(Nc2ccc(C(F)(F)F)cc2)n1. The molecular formula is C21H15F3N4O2. The molecule has 6 nitrogen and oxygen atoms in total. The van der Waals surface area contributed by atoms with Crippen LogP contribution in [-0.4, -0.2) is 25.6 Å². The van der Waals surface area contributed by atoms with E-state index in [1.54, 1.807) is 11.5 Å². The van der Waals surface area contributed by atoms with Crippen LogP contribution >= 0.6 is 0 Å². The molecule has 0 aliphatic heterocycles. The molecule has 0 saturated heterocycles. The van der Waals surface area contributed by atoms with Crippen molar-refractivity contribution in [3.63, 3.8) is 0 Å². The molecule has 9 heteroatoms. The molecule has 2 aromatic heterocycles. The van der Waals surface area contributed by atoms with E-state index >= 15 is 0 Å². The van der Waals surface area contributed by atoms with Crippen molar-refractivity contribution in [3.05, 3.63) is 77.6 Å². The largest absolute Gasteiger partial charge is 0.478 e.